The maximum absolute atomic E-state index is 5.74. The van der Waals surface area contributed by atoms with Gasteiger partial charge in [0.05, 0.1) is 5.52 Å². The zero-order valence-corrected chi connectivity index (χ0v) is 11.4. The summed E-state index contributed by atoms with van der Waals surface area (Å²) in [5.41, 5.74) is 7.47. The van der Waals surface area contributed by atoms with Crippen LogP contribution in [0.1, 0.15) is 19.8 Å². The zero-order chi connectivity index (χ0) is 13.5. The first-order valence-electron chi connectivity index (χ1n) is 6.77. The van der Waals surface area contributed by atoms with Crippen molar-refractivity contribution in [3.8, 4) is 0 Å². The summed E-state index contributed by atoms with van der Waals surface area (Å²) in [4.78, 5) is 4.54. The predicted octanol–water partition coefficient (Wildman–Crippen LogP) is 3.05. The first-order chi connectivity index (χ1) is 9.29. The molecular formula is C15H21N3O. The van der Waals surface area contributed by atoms with E-state index in [1.807, 2.05) is 30.3 Å². The maximum atomic E-state index is 5.74. The molecule has 0 aliphatic carbocycles. The summed E-state index contributed by atoms with van der Waals surface area (Å²) >= 11 is 0. The van der Waals surface area contributed by atoms with Crippen molar-refractivity contribution in [3.63, 3.8) is 0 Å². The lowest BCUT2D eigenvalue weighted by atomic mass is 10.2. The van der Waals surface area contributed by atoms with E-state index in [4.69, 9.17) is 10.5 Å². The Balaban J connectivity index is 1.86. The molecule has 4 nitrogen and oxygen atoms in total. The third kappa shape index (κ3) is 4.10. The number of fused-ring (bicyclic) bond motifs is 1. The molecule has 0 bridgehead atoms. The van der Waals surface area contributed by atoms with E-state index in [9.17, 15) is 0 Å². The molecule has 0 aliphatic rings. The molecule has 0 radical (unpaired) electrons. The van der Waals surface area contributed by atoms with Gasteiger partial charge in [-0.3, -0.25) is 0 Å². The molecule has 0 amide bonds. The number of nitrogen functional groups attached to an aromatic ring is 1. The molecule has 0 aliphatic heterocycles. The summed E-state index contributed by atoms with van der Waals surface area (Å²) in [5, 5.41) is 4.37. The lowest BCUT2D eigenvalue weighted by Gasteiger charge is -2.07. The van der Waals surface area contributed by atoms with E-state index in [0.717, 1.165) is 55.0 Å². The normalized spacial score (nSPS) is 10.8. The van der Waals surface area contributed by atoms with E-state index < -0.39 is 0 Å². The molecule has 1 heterocycles. The van der Waals surface area contributed by atoms with Gasteiger partial charge in [-0.2, -0.15) is 0 Å². The number of ether oxygens (including phenoxy) is 1. The summed E-state index contributed by atoms with van der Waals surface area (Å²) in [5.74, 6) is 0.896. The Morgan fingerprint density at radius 2 is 2.11 bits per heavy atom. The maximum Gasteiger partial charge on any atom is 0.126 e. The van der Waals surface area contributed by atoms with Gasteiger partial charge in [-0.15, -0.1) is 0 Å². The highest BCUT2D eigenvalue weighted by Crippen LogP contribution is 2.17. The van der Waals surface area contributed by atoms with Crippen molar-refractivity contribution >= 4 is 22.4 Å². The number of nitrogens with zero attached hydrogens (tertiary/aromatic N) is 1. The lowest BCUT2D eigenvalue weighted by Crippen LogP contribution is -2.07. The van der Waals surface area contributed by atoms with Crippen LogP contribution in [-0.2, 0) is 4.74 Å². The van der Waals surface area contributed by atoms with E-state index in [2.05, 4.69) is 17.2 Å². The van der Waals surface area contributed by atoms with E-state index in [1.165, 1.54) is 0 Å². The van der Waals surface area contributed by atoms with Crippen molar-refractivity contribution in [3.05, 3.63) is 30.3 Å². The molecule has 0 spiro atoms. The summed E-state index contributed by atoms with van der Waals surface area (Å²) in [6, 6.07) is 9.77. The summed E-state index contributed by atoms with van der Waals surface area (Å²) in [6.45, 7) is 4.63. The Morgan fingerprint density at radius 3 is 2.95 bits per heavy atom. The second kappa shape index (κ2) is 6.95. The summed E-state index contributed by atoms with van der Waals surface area (Å²) < 4.78 is 5.43. The highest BCUT2D eigenvalue weighted by Gasteiger charge is 1.98. The molecule has 102 valence electrons. The zero-order valence-electron chi connectivity index (χ0n) is 11.4. The van der Waals surface area contributed by atoms with Crippen molar-refractivity contribution in [2.75, 3.05) is 30.8 Å². The Bertz CT molecular complexity index is 528. The Kier molecular flexibility index (Phi) is 4.98. The third-order valence-electron chi connectivity index (χ3n) is 2.83. The van der Waals surface area contributed by atoms with Crippen LogP contribution in [-0.4, -0.2) is 24.7 Å². The van der Waals surface area contributed by atoms with Crippen LogP contribution in [0.4, 0.5) is 11.5 Å². The molecule has 0 atom stereocenters. The molecule has 2 rings (SSSR count). The van der Waals surface area contributed by atoms with Crippen molar-refractivity contribution < 1.29 is 4.74 Å². The fraction of sp³-hybridized carbons (Fsp3) is 0.400. The van der Waals surface area contributed by atoms with Crippen LogP contribution >= 0.6 is 0 Å². The molecule has 19 heavy (non-hydrogen) atoms. The largest absolute Gasteiger partial charge is 0.399 e. The van der Waals surface area contributed by atoms with Crippen LogP contribution in [0.5, 0.6) is 0 Å². The number of rotatable bonds is 7. The molecular weight excluding hydrogens is 238 g/mol. The van der Waals surface area contributed by atoms with Gasteiger partial charge in [0.2, 0.25) is 0 Å². The van der Waals surface area contributed by atoms with E-state index in [1.54, 1.807) is 0 Å². The average Bonchev–Trinajstić information content (AvgIpc) is 2.43. The van der Waals surface area contributed by atoms with Crippen molar-refractivity contribution in [2.45, 2.75) is 19.8 Å². The monoisotopic (exact) mass is 259 g/mol. The number of hydrogen-bond acceptors (Lipinski definition) is 4. The highest BCUT2D eigenvalue weighted by molar-refractivity contribution is 5.83. The fourth-order valence-electron chi connectivity index (χ4n) is 1.88. The van der Waals surface area contributed by atoms with Gasteiger partial charge in [-0.1, -0.05) is 6.92 Å². The molecule has 0 unspecified atom stereocenters. The first kappa shape index (κ1) is 13.6. The minimum absolute atomic E-state index is 0.767. The van der Waals surface area contributed by atoms with Gasteiger partial charge in [-0.25, -0.2) is 4.98 Å². The van der Waals surface area contributed by atoms with Crippen LogP contribution in [0, 0.1) is 0 Å². The van der Waals surface area contributed by atoms with E-state index in [-0.39, 0.29) is 0 Å². The second-order valence-corrected chi connectivity index (χ2v) is 4.54. The van der Waals surface area contributed by atoms with Crippen LogP contribution in [0.15, 0.2) is 30.3 Å². The molecule has 4 heteroatoms. The molecule has 0 saturated heterocycles. The Morgan fingerprint density at radius 1 is 1.21 bits per heavy atom. The number of nitrogens with one attached hydrogen (secondary N) is 1. The van der Waals surface area contributed by atoms with Crippen LogP contribution in [0.25, 0.3) is 10.9 Å². The van der Waals surface area contributed by atoms with Gasteiger partial charge >= 0.3 is 0 Å². The third-order valence-corrected chi connectivity index (χ3v) is 2.83. The molecule has 2 aromatic rings. The topological polar surface area (TPSA) is 60.2 Å². The average molecular weight is 259 g/mol. The van der Waals surface area contributed by atoms with Crippen LogP contribution < -0.4 is 11.1 Å². The first-order valence-corrected chi connectivity index (χ1v) is 6.77. The van der Waals surface area contributed by atoms with E-state index in [0.29, 0.717) is 0 Å². The fourth-order valence-corrected chi connectivity index (χ4v) is 1.88. The molecule has 1 aromatic heterocycles. The molecule has 0 fully saturated rings. The van der Waals surface area contributed by atoms with Gasteiger partial charge in [0.1, 0.15) is 5.82 Å². The van der Waals surface area contributed by atoms with Crippen molar-refractivity contribution in [2.24, 2.45) is 0 Å². The molecule has 1 aromatic carbocycles. The lowest BCUT2D eigenvalue weighted by molar-refractivity contribution is 0.134. The standard InChI is InChI=1S/C15H21N3O/c1-2-9-19-10-3-8-17-15-7-4-12-11-13(16)5-6-14(12)18-15/h4-7,11H,2-3,8-10,16H2,1H3,(H,17,18). The van der Waals surface area contributed by atoms with Gasteiger partial charge in [0.25, 0.3) is 0 Å². The number of anilines is 2. The van der Waals surface area contributed by atoms with E-state index >= 15 is 0 Å². The Labute approximate surface area is 114 Å². The number of hydrogen-bond donors (Lipinski definition) is 2. The van der Waals surface area contributed by atoms with Crippen molar-refractivity contribution in [1.29, 1.82) is 0 Å². The quantitative estimate of drug-likeness (QED) is 0.592. The number of benzene rings is 1. The number of nitrogens with two attached hydrogens (primary N) is 1. The van der Waals surface area contributed by atoms with Gasteiger partial charge < -0.3 is 15.8 Å². The summed E-state index contributed by atoms with van der Waals surface area (Å²) in [7, 11) is 0. The highest BCUT2D eigenvalue weighted by atomic mass is 16.5. The minimum Gasteiger partial charge on any atom is -0.399 e. The molecule has 3 N–H and O–H groups in total. The van der Waals surface area contributed by atoms with Crippen LogP contribution in [0.3, 0.4) is 0 Å². The summed E-state index contributed by atoms with van der Waals surface area (Å²) in [6.07, 6.45) is 2.06. The van der Waals surface area contributed by atoms with Gasteiger partial charge in [0.15, 0.2) is 0 Å². The Hall–Kier alpha value is -1.81. The smallest absolute Gasteiger partial charge is 0.126 e. The second-order valence-electron chi connectivity index (χ2n) is 4.54. The predicted molar refractivity (Wildman–Crippen MR) is 80.4 cm³/mol. The van der Waals surface area contributed by atoms with Gasteiger partial charge in [-0.05, 0) is 43.2 Å². The molecule has 0 saturated carbocycles. The number of aromatic nitrogens is 1. The van der Waals surface area contributed by atoms with Gasteiger partial charge in [0, 0.05) is 30.8 Å². The number of pyridine rings is 1. The van der Waals surface area contributed by atoms with Crippen LogP contribution in [0.2, 0.25) is 0 Å². The SMILES string of the molecule is CCCOCCCNc1ccc2cc(N)ccc2n1. The van der Waals surface area contributed by atoms with Crippen molar-refractivity contribution in [1.82, 2.24) is 4.98 Å². The minimum atomic E-state index is 0.767.